The van der Waals surface area contributed by atoms with Crippen LogP contribution in [0.2, 0.25) is 0 Å². The van der Waals surface area contributed by atoms with Crippen LogP contribution in [0.15, 0.2) is 40.7 Å². The normalized spacial score (nSPS) is 23.5. The van der Waals surface area contributed by atoms with Crippen molar-refractivity contribution in [1.82, 2.24) is 5.32 Å². The number of hydrogen-bond acceptors (Lipinski definition) is 6. The highest BCUT2D eigenvalue weighted by Crippen LogP contribution is 2.48. The van der Waals surface area contributed by atoms with Crippen molar-refractivity contribution < 1.29 is 24.2 Å². The third-order valence-corrected chi connectivity index (χ3v) is 6.57. The number of ketones is 1. The van der Waals surface area contributed by atoms with Crippen molar-refractivity contribution in [3.05, 3.63) is 46.3 Å². The monoisotopic (exact) mass is 425 g/mol. The van der Waals surface area contributed by atoms with Gasteiger partial charge in [0.15, 0.2) is 17.3 Å². The van der Waals surface area contributed by atoms with Crippen molar-refractivity contribution >= 4 is 11.8 Å². The zero-order valence-corrected chi connectivity index (χ0v) is 18.7. The summed E-state index contributed by atoms with van der Waals surface area (Å²) in [5.74, 6) is -0.569. The number of rotatable bonds is 4. The Hall–Kier alpha value is -2.76. The lowest BCUT2D eigenvalue weighted by Gasteiger charge is -2.39. The van der Waals surface area contributed by atoms with Crippen LogP contribution >= 0.6 is 0 Å². The highest BCUT2D eigenvalue weighted by molar-refractivity contribution is 6.04. The molecule has 1 heterocycles. The smallest absolute Gasteiger partial charge is 0.337 e. The third kappa shape index (κ3) is 4.08. The molecule has 166 valence electrons. The summed E-state index contributed by atoms with van der Waals surface area (Å²) < 4.78 is 11.2. The van der Waals surface area contributed by atoms with Gasteiger partial charge in [0.2, 0.25) is 0 Å². The molecule has 2 aliphatic carbocycles. The van der Waals surface area contributed by atoms with E-state index in [0.717, 1.165) is 43.4 Å². The number of allylic oxidation sites excluding steroid dienone is 3. The number of aromatic hydroxyl groups is 1. The molecule has 4 rings (SSSR count). The van der Waals surface area contributed by atoms with Crippen molar-refractivity contribution in [3.63, 3.8) is 0 Å². The Bertz CT molecular complexity index is 982. The number of carbonyl (C=O) groups is 2. The Morgan fingerprint density at radius 1 is 1.19 bits per heavy atom. The van der Waals surface area contributed by atoms with Crippen LogP contribution < -0.4 is 10.1 Å². The number of dihydropyridines is 1. The summed E-state index contributed by atoms with van der Waals surface area (Å²) in [7, 11) is 1.48. The SMILES string of the molecule is COc1cc(C2C(C(=O)OC3CCCC3)=C(C)NC3=C2C(=O)CC(C)(C)C3)ccc1O. The van der Waals surface area contributed by atoms with Crippen molar-refractivity contribution in [2.24, 2.45) is 5.41 Å². The first kappa shape index (κ1) is 21.5. The predicted molar refractivity (Wildman–Crippen MR) is 117 cm³/mol. The largest absolute Gasteiger partial charge is 0.504 e. The maximum absolute atomic E-state index is 13.3. The van der Waals surface area contributed by atoms with E-state index in [1.165, 1.54) is 7.11 Å². The molecule has 0 saturated heterocycles. The quantitative estimate of drug-likeness (QED) is 0.692. The standard InChI is InChI=1S/C25H31NO5/c1-14-21(24(29)31-16-7-5-6-8-16)22(15-9-10-18(27)20(11-15)30-4)23-17(26-14)12-25(2,3)13-19(23)28/h9-11,16,22,26-27H,5-8,12-13H2,1-4H3. The molecule has 1 aromatic carbocycles. The number of ether oxygens (including phenoxy) is 2. The highest BCUT2D eigenvalue weighted by atomic mass is 16.5. The molecule has 0 amide bonds. The van der Waals surface area contributed by atoms with E-state index in [4.69, 9.17) is 9.47 Å². The number of methoxy groups -OCH3 is 1. The minimum Gasteiger partial charge on any atom is -0.504 e. The Morgan fingerprint density at radius 3 is 2.58 bits per heavy atom. The minimum atomic E-state index is -0.553. The van der Waals surface area contributed by atoms with Crippen molar-refractivity contribution in [3.8, 4) is 11.5 Å². The number of phenolic OH excluding ortho intramolecular Hbond substituents is 1. The number of benzene rings is 1. The molecule has 1 unspecified atom stereocenters. The number of Topliss-reactive ketones (excluding diaryl/α,β-unsaturated/α-hetero) is 1. The van der Waals surface area contributed by atoms with Crippen LogP contribution in [0.5, 0.6) is 11.5 Å². The van der Waals surface area contributed by atoms with Crippen molar-refractivity contribution in [2.45, 2.75) is 71.3 Å². The molecule has 3 aliphatic rings. The van der Waals surface area contributed by atoms with Gasteiger partial charge < -0.3 is 19.9 Å². The van der Waals surface area contributed by atoms with Gasteiger partial charge in [0.1, 0.15) is 6.10 Å². The summed E-state index contributed by atoms with van der Waals surface area (Å²) in [6.45, 7) is 6.03. The van der Waals surface area contributed by atoms with E-state index in [9.17, 15) is 14.7 Å². The van der Waals surface area contributed by atoms with Gasteiger partial charge in [-0.05, 0) is 62.1 Å². The van der Waals surface area contributed by atoms with Gasteiger partial charge in [-0.2, -0.15) is 0 Å². The van der Waals surface area contributed by atoms with E-state index >= 15 is 0 Å². The molecular weight excluding hydrogens is 394 g/mol. The fraction of sp³-hybridized carbons (Fsp3) is 0.520. The summed E-state index contributed by atoms with van der Waals surface area (Å²) in [4.78, 5) is 26.7. The topological polar surface area (TPSA) is 84.9 Å². The second kappa shape index (κ2) is 8.06. The second-order valence-electron chi connectivity index (χ2n) is 9.67. The van der Waals surface area contributed by atoms with Crippen LogP contribution in [0.4, 0.5) is 0 Å². The van der Waals surface area contributed by atoms with Gasteiger partial charge in [-0.1, -0.05) is 19.9 Å². The molecule has 1 saturated carbocycles. The molecule has 0 radical (unpaired) electrons. The first-order chi connectivity index (χ1) is 14.7. The number of hydrogen-bond donors (Lipinski definition) is 2. The average Bonchev–Trinajstić information content (AvgIpc) is 3.19. The van der Waals surface area contributed by atoms with Crippen LogP contribution in [0.25, 0.3) is 0 Å². The highest BCUT2D eigenvalue weighted by Gasteiger charge is 2.43. The molecule has 1 atom stereocenters. The van der Waals surface area contributed by atoms with Gasteiger partial charge in [0, 0.05) is 29.3 Å². The molecule has 1 fully saturated rings. The molecule has 6 nitrogen and oxygen atoms in total. The molecule has 0 aromatic heterocycles. The predicted octanol–water partition coefficient (Wildman–Crippen LogP) is 4.49. The molecule has 2 N–H and O–H groups in total. The van der Waals surface area contributed by atoms with Crippen LogP contribution in [0.1, 0.15) is 70.8 Å². The molecule has 0 bridgehead atoms. The summed E-state index contributed by atoms with van der Waals surface area (Å²) in [5.41, 5.74) is 3.25. The fourth-order valence-corrected chi connectivity index (χ4v) is 5.13. The van der Waals surface area contributed by atoms with Gasteiger partial charge in [0.25, 0.3) is 0 Å². The molecule has 6 heteroatoms. The summed E-state index contributed by atoms with van der Waals surface area (Å²) >= 11 is 0. The van der Waals surface area contributed by atoms with Gasteiger partial charge in [-0.15, -0.1) is 0 Å². The zero-order valence-electron chi connectivity index (χ0n) is 18.7. The summed E-state index contributed by atoms with van der Waals surface area (Å²) in [5, 5.41) is 13.4. The van der Waals surface area contributed by atoms with E-state index in [1.54, 1.807) is 18.2 Å². The Morgan fingerprint density at radius 2 is 1.90 bits per heavy atom. The number of nitrogens with one attached hydrogen (secondary N) is 1. The van der Waals surface area contributed by atoms with Crippen LogP contribution in [-0.4, -0.2) is 30.1 Å². The Kier molecular flexibility index (Phi) is 5.58. The number of carbonyl (C=O) groups excluding carboxylic acids is 2. The number of phenols is 1. The van der Waals surface area contributed by atoms with Crippen molar-refractivity contribution in [2.75, 3.05) is 7.11 Å². The molecule has 1 aromatic rings. The lowest BCUT2D eigenvalue weighted by atomic mass is 9.68. The van der Waals surface area contributed by atoms with Crippen LogP contribution in [0.3, 0.4) is 0 Å². The molecule has 0 spiro atoms. The van der Waals surface area contributed by atoms with Gasteiger partial charge in [-0.25, -0.2) is 4.79 Å². The van der Waals surface area contributed by atoms with E-state index in [2.05, 4.69) is 19.2 Å². The number of esters is 1. The molecule has 1 aliphatic heterocycles. The van der Waals surface area contributed by atoms with E-state index in [-0.39, 0.29) is 29.0 Å². The van der Waals surface area contributed by atoms with Crippen LogP contribution in [0, 0.1) is 5.41 Å². The first-order valence-corrected chi connectivity index (χ1v) is 11.0. The minimum absolute atomic E-state index is 0.0151. The molecular formula is C25H31NO5. The van der Waals surface area contributed by atoms with Gasteiger partial charge in [-0.3, -0.25) is 4.79 Å². The summed E-state index contributed by atoms with van der Waals surface area (Å²) in [6.07, 6.45) is 4.96. The maximum atomic E-state index is 13.3. The van der Waals surface area contributed by atoms with E-state index < -0.39 is 5.92 Å². The van der Waals surface area contributed by atoms with Crippen LogP contribution in [-0.2, 0) is 14.3 Å². The first-order valence-electron chi connectivity index (χ1n) is 11.0. The lowest BCUT2D eigenvalue weighted by molar-refractivity contribution is -0.144. The Labute approximate surface area is 183 Å². The fourth-order valence-electron chi connectivity index (χ4n) is 5.13. The van der Waals surface area contributed by atoms with E-state index in [0.29, 0.717) is 29.0 Å². The average molecular weight is 426 g/mol. The molecule has 31 heavy (non-hydrogen) atoms. The van der Waals surface area contributed by atoms with E-state index in [1.807, 2.05) is 6.92 Å². The Balaban J connectivity index is 1.81. The van der Waals surface area contributed by atoms with Gasteiger partial charge in [0.05, 0.1) is 12.7 Å². The maximum Gasteiger partial charge on any atom is 0.337 e. The second-order valence-corrected chi connectivity index (χ2v) is 9.67. The van der Waals surface area contributed by atoms with Crippen molar-refractivity contribution in [1.29, 1.82) is 0 Å². The third-order valence-electron chi connectivity index (χ3n) is 6.57. The van der Waals surface area contributed by atoms with Gasteiger partial charge >= 0.3 is 5.97 Å². The lowest BCUT2D eigenvalue weighted by Crippen LogP contribution is -2.39. The zero-order chi connectivity index (χ0) is 22.3. The summed E-state index contributed by atoms with van der Waals surface area (Å²) in [6, 6.07) is 5.00.